The van der Waals surface area contributed by atoms with Crippen molar-refractivity contribution >= 4 is 44.2 Å². The summed E-state index contributed by atoms with van der Waals surface area (Å²) in [5.74, 6) is -1.08. The van der Waals surface area contributed by atoms with Crippen LogP contribution < -0.4 is 9.04 Å². The third-order valence-electron chi connectivity index (χ3n) is 5.03. The number of hydrogen-bond donors (Lipinski definition) is 0. The molecule has 0 fully saturated rings. The van der Waals surface area contributed by atoms with Crippen LogP contribution in [0.2, 0.25) is 5.02 Å². The first-order valence-electron chi connectivity index (χ1n) is 9.79. The molecular weight excluding hydrogens is 467 g/mol. The second-order valence-electron chi connectivity index (χ2n) is 7.26. The van der Waals surface area contributed by atoms with Crippen LogP contribution in [0, 0.1) is 12.7 Å². The topological polar surface area (TPSA) is 76.6 Å². The number of sulfonamides is 1. The number of aromatic nitrogens is 1. The van der Waals surface area contributed by atoms with Crippen molar-refractivity contribution in [3.63, 3.8) is 0 Å². The lowest BCUT2D eigenvalue weighted by atomic mass is 10.2. The highest BCUT2D eigenvalue weighted by atomic mass is 35.5. The number of benzene rings is 3. The number of pyridine rings is 1. The van der Waals surface area contributed by atoms with Gasteiger partial charge in [-0.05, 0) is 61.5 Å². The highest BCUT2D eigenvalue weighted by Crippen LogP contribution is 2.29. The molecule has 0 aliphatic carbocycles. The predicted octanol–water partition coefficient (Wildman–Crippen LogP) is 5.38. The lowest BCUT2D eigenvalue weighted by Gasteiger charge is -2.20. The van der Waals surface area contributed by atoms with E-state index in [9.17, 15) is 17.6 Å². The van der Waals surface area contributed by atoms with E-state index < -0.39 is 21.8 Å². The quantitative estimate of drug-likeness (QED) is 0.281. The Morgan fingerprint density at radius 3 is 2.48 bits per heavy atom. The summed E-state index contributed by atoms with van der Waals surface area (Å²) in [6.07, 6.45) is 0. The predicted molar refractivity (Wildman–Crippen MR) is 125 cm³/mol. The molecule has 0 bridgehead atoms. The molecule has 0 unspecified atom stereocenters. The van der Waals surface area contributed by atoms with Crippen LogP contribution >= 0.6 is 11.6 Å². The number of hydrogen-bond acceptors (Lipinski definition) is 5. The van der Waals surface area contributed by atoms with Gasteiger partial charge in [0, 0.05) is 18.1 Å². The number of carbonyl (C=O) groups excluding carboxylic acids is 1. The molecule has 0 saturated heterocycles. The van der Waals surface area contributed by atoms with Crippen molar-refractivity contribution in [2.45, 2.75) is 11.8 Å². The number of ether oxygens (including phenoxy) is 1. The van der Waals surface area contributed by atoms with Crippen molar-refractivity contribution in [3.8, 4) is 5.75 Å². The first-order chi connectivity index (χ1) is 15.7. The number of aryl methyl sites for hydroxylation is 1. The number of anilines is 1. The monoisotopic (exact) mass is 484 g/mol. The largest absolute Gasteiger partial charge is 0.421 e. The molecule has 0 radical (unpaired) electrons. The summed E-state index contributed by atoms with van der Waals surface area (Å²) < 4.78 is 45.9. The van der Waals surface area contributed by atoms with E-state index in [0.717, 1.165) is 33.6 Å². The zero-order valence-corrected chi connectivity index (χ0v) is 19.2. The van der Waals surface area contributed by atoms with E-state index >= 15 is 0 Å². The summed E-state index contributed by atoms with van der Waals surface area (Å²) in [4.78, 5) is 17.2. The van der Waals surface area contributed by atoms with Crippen LogP contribution in [0.3, 0.4) is 0 Å². The number of rotatable bonds is 5. The molecule has 0 amide bonds. The van der Waals surface area contributed by atoms with E-state index in [2.05, 4.69) is 4.98 Å². The maximum Gasteiger partial charge on any atom is 0.345 e. The zero-order valence-electron chi connectivity index (χ0n) is 17.6. The molecule has 4 aromatic rings. The van der Waals surface area contributed by atoms with Gasteiger partial charge in [-0.1, -0.05) is 29.8 Å². The van der Waals surface area contributed by atoms with Crippen LogP contribution in [0.25, 0.3) is 10.9 Å². The molecular formula is C24H18ClFN2O4S. The van der Waals surface area contributed by atoms with Gasteiger partial charge < -0.3 is 4.74 Å². The fourth-order valence-corrected chi connectivity index (χ4v) is 4.64. The molecule has 0 aliphatic heterocycles. The maximum absolute atomic E-state index is 13.2. The number of esters is 1. The fourth-order valence-electron chi connectivity index (χ4n) is 3.22. The molecule has 1 aromatic heterocycles. The maximum atomic E-state index is 13.2. The smallest absolute Gasteiger partial charge is 0.345 e. The molecule has 0 spiro atoms. The third-order valence-corrected chi connectivity index (χ3v) is 7.14. The van der Waals surface area contributed by atoms with Gasteiger partial charge >= 0.3 is 5.97 Å². The fraction of sp³-hybridized carbons (Fsp3) is 0.0833. The number of fused-ring (bicyclic) bond motifs is 1. The van der Waals surface area contributed by atoms with E-state index in [1.54, 1.807) is 12.1 Å². The van der Waals surface area contributed by atoms with Crippen LogP contribution in [0.5, 0.6) is 5.75 Å². The second kappa shape index (κ2) is 8.80. The van der Waals surface area contributed by atoms with Gasteiger partial charge in [0.25, 0.3) is 10.0 Å². The molecule has 168 valence electrons. The van der Waals surface area contributed by atoms with Gasteiger partial charge in [0.1, 0.15) is 11.3 Å². The van der Waals surface area contributed by atoms with Crippen molar-refractivity contribution in [3.05, 3.63) is 94.9 Å². The minimum atomic E-state index is -4.06. The van der Waals surface area contributed by atoms with Gasteiger partial charge in [-0.25, -0.2) is 22.6 Å². The van der Waals surface area contributed by atoms with Crippen molar-refractivity contribution in [1.82, 2.24) is 4.98 Å². The summed E-state index contributed by atoms with van der Waals surface area (Å²) in [6.45, 7) is 1.82. The molecule has 1 heterocycles. The average Bonchev–Trinajstić information content (AvgIpc) is 2.79. The SMILES string of the molecule is Cc1ccc2cccc(OC(=O)c3cc(S(=O)(=O)N(C)c4ccc(F)cc4)ccc3Cl)c2n1. The standard InChI is InChI=1S/C24H18ClFN2O4S/c1-15-6-7-16-4-3-5-22(23(16)27-15)32-24(29)20-14-19(12-13-21(20)25)33(30,31)28(2)18-10-8-17(26)9-11-18/h3-14H,1-2H3. The minimum Gasteiger partial charge on any atom is -0.421 e. The Morgan fingerprint density at radius 2 is 1.76 bits per heavy atom. The minimum absolute atomic E-state index is 0.0350. The van der Waals surface area contributed by atoms with Crippen molar-refractivity contribution in [2.24, 2.45) is 0 Å². The summed E-state index contributed by atoms with van der Waals surface area (Å²) in [5, 5.41) is 0.821. The van der Waals surface area contributed by atoms with Crippen molar-refractivity contribution in [1.29, 1.82) is 0 Å². The van der Waals surface area contributed by atoms with Gasteiger partial charge in [-0.15, -0.1) is 0 Å². The molecule has 0 atom stereocenters. The molecule has 9 heteroatoms. The van der Waals surface area contributed by atoms with Crippen molar-refractivity contribution in [2.75, 3.05) is 11.4 Å². The van der Waals surface area contributed by atoms with Gasteiger partial charge in [-0.3, -0.25) is 4.31 Å². The van der Waals surface area contributed by atoms with E-state index in [0.29, 0.717) is 5.52 Å². The highest BCUT2D eigenvalue weighted by molar-refractivity contribution is 7.92. The normalized spacial score (nSPS) is 11.4. The average molecular weight is 485 g/mol. The van der Waals surface area contributed by atoms with Gasteiger partial charge in [-0.2, -0.15) is 0 Å². The second-order valence-corrected chi connectivity index (χ2v) is 9.64. The van der Waals surface area contributed by atoms with Gasteiger partial charge in [0.05, 0.1) is 21.2 Å². The summed E-state index contributed by atoms with van der Waals surface area (Å²) >= 11 is 6.20. The molecule has 0 saturated carbocycles. The molecule has 4 rings (SSSR count). The van der Waals surface area contributed by atoms with E-state index in [-0.39, 0.29) is 26.9 Å². The first-order valence-corrected chi connectivity index (χ1v) is 11.6. The van der Waals surface area contributed by atoms with E-state index in [1.165, 1.54) is 31.3 Å². The van der Waals surface area contributed by atoms with Gasteiger partial charge in [0.2, 0.25) is 0 Å². The number of carbonyl (C=O) groups is 1. The van der Waals surface area contributed by atoms with E-state index in [4.69, 9.17) is 16.3 Å². The van der Waals surface area contributed by atoms with Crippen molar-refractivity contribution < 1.29 is 22.3 Å². The Morgan fingerprint density at radius 1 is 1.03 bits per heavy atom. The van der Waals surface area contributed by atoms with Crippen LogP contribution in [0.4, 0.5) is 10.1 Å². The van der Waals surface area contributed by atoms with Crippen LogP contribution in [-0.2, 0) is 10.0 Å². The third kappa shape index (κ3) is 4.53. The molecule has 0 aliphatic rings. The Hall–Kier alpha value is -3.49. The molecule has 6 nitrogen and oxygen atoms in total. The zero-order chi connectivity index (χ0) is 23.8. The lowest BCUT2D eigenvalue weighted by molar-refractivity contribution is 0.0736. The Labute approximate surface area is 195 Å². The summed E-state index contributed by atoms with van der Waals surface area (Å²) in [5.41, 5.74) is 1.39. The summed E-state index contributed by atoms with van der Waals surface area (Å²) in [6, 6.07) is 17.6. The number of para-hydroxylation sites is 1. The molecule has 3 aromatic carbocycles. The Bertz CT molecular complexity index is 1470. The number of halogens is 2. The Balaban J connectivity index is 1.68. The lowest BCUT2D eigenvalue weighted by Crippen LogP contribution is -2.27. The summed E-state index contributed by atoms with van der Waals surface area (Å²) in [7, 11) is -2.73. The van der Waals surface area contributed by atoms with Gasteiger partial charge in [0.15, 0.2) is 5.75 Å². The highest BCUT2D eigenvalue weighted by Gasteiger charge is 2.25. The number of nitrogens with zero attached hydrogens (tertiary/aromatic N) is 2. The van der Waals surface area contributed by atoms with Crippen LogP contribution in [0.15, 0.2) is 77.7 Å². The van der Waals surface area contributed by atoms with Crippen LogP contribution in [0.1, 0.15) is 16.1 Å². The Kier molecular flexibility index (Phi) is 6.05. The van der Waals surface area contributed by atoms with E-state index in [1.807, 2.05) is 25.1 Å². The molecule has 0 N–H and O–H groups in total. The molecule has 33 heavy (non-hydrogen) atoms. The first kappa shape index (κ1) is 22.7. The van der Waals surface area contributed by atoms with Crippen LogP contribution in [-0.4, -0.2) is 26.4 Å².